The van der Waals surface area contributed by atoms with Gasteiger partial charge in [-0.1, -0.05) is 18.2 Å². The van der Waals surface area contributed by atoms with Crippen molar-refractivity contribution in [2.45, 2.75) is 13.0 Å². The minimum absolute atomic E-state index is 0.124. The molecule has 1 atom stereocenters. The average Bonchev–Trinajstić information content (AvgIpc) is 2.15. The van der Waals surface area contributed by atoms with Gasteiger partial charge in [0, 0.05) is 11.6 Å². The third-order valence-corrected chi connectivity index (χ3v) is 1.86. The van der Waals surface area contributed by atoms with Gasteiger partial charge in [0.15, 0.2) is 0 Å². The molecule has 0 aliphatic rings. The number of rotatable bonds is 3. The first-order valence-electron chi connectivity index (χ1n) is 4.10. The second kappa shape index (κ2) is 4.58. The van der Waals surface area contributed by atoms with Crippen molar-refractivity contribution < 1.29 is 4.39 Å². The van der Waals surface area contributed by atoms with Gasteiger partial charge < -0.3 is 0 Å². The first-order valence-corrected chi connectivity index (χ1v) is 4.10. The van der Waals surface area contributed by atoms with Gasteiger partial charge in [0.05, 0.1) is 12.6 Å². The van der Waals surface area contributed by atoms with E-state index >= 15 is 0 Å². The number of nitriles is 1. The molecule has 0 spiro atoms. The van der Waals surface area contributed by atoms with Crippen molar-refractivity contribution in [2.24, 2.45) is 0 Å². The smallest absolute Gasteiger partial charge is 0.127 e. The van der Waals surface area contributed by atoms with Crippen LogP contribution >= 0.6 is 0 Å². The standard InChI is InChI=1S/C10H11FN2/c1-8(13-7-6-12)9-4-2-3-5-10(9)11/h2-5,8,13H,7H2,1H3/t8-/m1/s1. The number of nitrogens with zero attached hydrogens (tertiary/aromatic N) is 1. The Labute approximate surface area is 77.0 Å². The summed E-state index contributed by atoms with van der Waals surface area (Å²) in [6.45, 7) is 2.06. The zero-order valence-corrected chi connectivity index (χ0v) is 7.42. The predicted molar refractivity (Wildman–Crippen MR) is 48.4 cm³/mol. The zero-order valence-electron chi connectivity index (χ0n) is 7.42. The molecule has 3 heteroatoms. The number of hydrogen-bond donors (Lipinski definition) is 1. The molecule has 0 aromatic heterocycles. The number of hydrogen-bond acceptors (Lipinski definition) is 2. The van der Waals surface area contributed by atoms with Gasteiger partial charge in [-0.05, 0) is 13.0 Å². The molecular weight excluding hydrogens is 167 g/mol. The Morgan fingerprint density at radius 3 is 2.85 bits per heavy atom. The summed E-state index contributed by atoms with van der Waals surface area (Å²) in [5, 5.41) is 11.2. The van der Waals surface area contributed by atoms with E-state index in [1.807, 2.05) is 13.0 Å². The quantitative estimate of drug-likeness (QED) is 0.718. The summed E-state index contributed by atoms with van der Waals surface area (Å²) in [5.74, 6) is -0.236. The lowest BCUT2D eigenvalue weighted by atomic mass is 10.1. The van der Waals surface area contributed by atoms with Gasteiger partial charge in [-0.25, -0.2) is 4.39 Å². The summed E-state index contributed by atoms with van der Waals surface area (Å²) in [5.41, 5.74) is 0.595. The maximum atomic E-state index is 13.1. The van der Waals surface area contributed by atoms with Crippen LogP contribution in [0.4, 0.5) is 4.39 Å². The van der Waals surface area contributed by atoms with Gasteiger partial charge in [0.1, 0.15) is 5.82 Å². The van der Waals surface area contributed by atoms with Crippen LogP contribution in [0.5, 0.6) is 0 Å². The highest BCUT2D eigenvalue weighted by atomic mass is 19.1. The van der Waals surface area contributed by atoms with E-state index < -0.39 is 0 Å². The minimum Gasteiger partial charge on any atom is -0.298 e. The summed E-state index contributed by atoms with van der Waals surface area (Å²) >= 11 is 0. The molecule has 0 aliphatic carbocycles. The number of nitrogens with one attached hydrogen (secondary N) is 1. The fraction of sp³-hybridized carbons (Fsp3) is 0.300. The summed E-state index contributed by atoms with van der Waals surface area (Å²) in [7, 11) is 0. The molecule has 1 aromatic carbocycles. The van der Waals surface area contributed by atoms with Crippen LogP contribution in [0.15, 0.2) is 24.3 Å². The fourth-order valence-electron chi connectivity index (χ4n) is 1.13. The molecule has 0 amide bonds. The first-order chi connectivity index (χ1) is 6.25. The van der Waals surface area contributed by atoms with Gasteiger partial charge in [-0.2, -0.15) is 5.26 Å². The Kier molecular flexibility index (Phi) is 3.41. The van der Waals surface area contributed by atoms with Crippen molar-refractivity contribution in [1.29, 1.82) is 5.26 Å². The van der Waals surface area contributed by atoms with Crippen LogP contribution in [0.25, 0.3) is 0 Å². The molecule has 0 saturated carbocycles. The van der Waals surface area contributed by atoms with Crippen molar-refractivity contribution in [3.63, 3.8) is 0 Å². The molecule has 2 nitrogen and oxygen atoms in total. The van der Waals surface area contributed by atoms with E-state index in [9.17, 15) is 4.39 Å². The van der Waals surface area contributed by atoms with E-state index in [2.05, 4.69) is 5.32 Å². The second-order valence-electron chi connectivity index (χ2n) is 2.78. The largest absolute Gasteiger partial charge is 0.298 e. The Morgan fingerprint density at radius 1 is 1.54 bits per heavy atom. The van der Waals surface area contributed by atoms with Crippen molar-refractivity contribution in [1.82, 2.24) is 5.32 Å². The van der Waals surface area contributed by atoms with Crippen LogP contribution in [-0.4, -0.2) is 6.54 Å². The SMILES string of the molecule is C[C@@H](NCC#N)c1ccccc1F. The Bertz CT molecular complexity index is 317. The molecule has 0 saturated heterocycles. The Balaban J connectivity index is 2.72. The van der Waals surface area contributed by atoms with Crippen LogP contribution in [0.2, 0.25) is 0 Å². The summed E-state index contributed by atoms with van der Waals surface area (Å²) in [6.07, 6.45) is 0. The van der Waals surface area contributed by atoms with Crippen LogP contribution in [0.1, 0.15) is 18.5 Å². The highest BCUT2D eigenvalue weighted by Gasteiger charge is 2.08. The third-order valence-electron chi connectivity index (χ3n) is 1.86. The van der Waals surface area contributed by atoms with Crippen molar-refractivity contribution in [2.75, 3.05) is 6.54 Å². The fourth-order valence-corrected chi connectivity index (χ4v) is 1.13. The van der Waals surface area contributed by atoms with Gasteiger partial charge >= 0.3 is 0 Å². The normalized spacial score (nSPS) is 12.1. The van der Waals surface area contributed by atoms with E-state index in [1.54, 1.807) is 18.2 Å². The second-order valence-corrected chi connectivity index (χ2v) is 2.78. The van der Waals surface area contributed by atoms with Gasteiger partial charge in [-0.3, -0.25) is 5.32 Å². The highest BCUT2D eigenvalue weighted by molar-refractivity contribution is 5.20. The molecule has 1 aromatic rings. The van der Waals surface area contributed by atoms with Gasteiger partial charge in [0.25, 0.3) is 0 Å². The average molecular weight is 178 g/mol. The molecule has 13 heavy (non-hydrogen) atoms. The monoisotopic (exact) mass is 178 g/mol. The van der Waals surface area contributed by atoms with Crippen molar-refractivity contribution in [3.05, 3.63) is 35.6 Å². The maximum absolute atomic E-state index is 13.1. The molecule has 0 heterocycles. The molecule has 0 unspecified atom stereocenters. The lowest BCUT2D eigenvalue weighted by Gasteiger charge is -2.11. The molecule has 1 N–H and O–H groups in total. The molecule has 1 rings (SSSR count). The number of halogens is 1. The van der Waals surface area contributed by atoms with Crippen LogP contribution in [0, 0.1) is 17.1 Å². The Morgan fingerprint density at radius 2 is 2.23 bits per heavy atom. The summed E-state index contributed by atoms with van der Waals surface area (Å²) in [4.78, 5) is 0. The van der Waals surface area contributed by atoms with E-state index in [0.29, 0.717) is 5.56 Å². The third kappa shape index (κ3) is 2.53. The minimum atomic E-state index is -0.236. The molecule has 0 bridgehead atoms. The maximum Gasteiger partial charge on any atom is 0.127 e. The molecule has 0 radical (unpaired) electrons. The molecule has 0 aliphatic heterocycles. The van der Waals surface area contributed by atoms with E-state index in [0.717, 1.165) is 0 Å². The molecular formula is C10H11FN2. The zero-order chi connectivity index (χ0) is 9.68. The summed E-state index contributed by atoms with van der Waals surface area (Å²) in [6, 6.07) is 8.39. The molecule has 68 valence electrons. The first kappa shape index (κ1) is 9.69. The lowest BCUT2D eigenvalue weighted by Crippen LogP contribution is -2.19. The highest BCUT2D eigenvalue weighted by Crippen LogP contribution is 2.15. The van der Waals surface area contributed by atoms with Gasteiger partial charge in [0.2, 0.25) is 0 Å². The number of benzene rings is 1. The van der Waals surface area contributed by atoms with Crippen molar-refractivity contribution >= 4 is 0 Å². The Hall–Kier alpha value is -1.40. The van der Waals surface area contributed by atoms with E-state index in [-0.39, 0.29) is 18.4 Å². The lowest BCUT2D eigenvalue weighted by molar-refractivity contribution is 0.551. The van der Waals surface area contributed by atoms with Gasteiger partial charge in [-0.15, -0.1) is 0 Å². The van der Waals surface area contributed by atoms with Crippen LogP contribution < -0.4 is 5.32 Å². The van der Waals surface area contributed by atoms with E-state index in [1.165, 1.54) is 6.07 Å². The van der Waals surface area contributed by atoms with Crippen LogP contribution in [-0.2, 0) is 0 Å². The van der Waals surface area contributed by atoms with E-state index in [4.69, 9.17) is 5.26 Å². The summed E-state index contributed by atoms with van der Waals surface area (Å²) < 4.78 is 13.1. The van der Waals surface area contributed by atoms with Crippen molar-refractivity contribution in [3.8, 4) is 6.07 Å². The topological polar surface area (TPSA) is 35.8 Å². The van der Waals surface area contributed by atoms with Crippen LogP contribution in [0.3, 0.4) is 0 Å². The predicted octanol–water partition coefficient (Wildman–Crippen LogP) is 2.00. The molecule has 0 fully saturated rings.